The molecule has 0 radical (unpaired) electrons. The highest BCUT2D eigenvalue weighted by atomic mass is 16.3. The van der Waals surface area contributed by atoms with Crippen molar-refractivity contribution in [2.24, 2.45) is 5.73 Å². The fourth-order valence-electron chi connectivity index (χ4n) is 3.28. The third-order valence-electron chi connectivity index (χ3n) is 4.92. The van der Waals surface area contributed by atoms with Crippen LogP contribution < -0.4 is 11.1 Å². The molecule has 0 bridgehead atoms. The first-order valence-electron chi connectivity index (χ1n) is 9.03. The van der Waals surface area contributed by atoms with Gasteiger partial charge in [-0.3, -0.25) is 9.69 Å². The lowest BCUT2D eigenvalue weighted by molar-refractivity contribution is 0.0950. The van der Waals surface area contributed by atoms with Crippen molar-refractivity contribution in [1.29, 1.82) is 0 Å². The molecule has 1 atom stereocenters. The van der Waals surface area contributed by atoms with Crippen LogP contribution in [0.25, 0.3) is 0 Å². The van der Waals surface area contributed by atoms with Crippen LogP contribution in [-0.4, -0.2) is 23.4 Å². The highest BCUT2D eigenvalue weighted by Gasteiger charge is 2.18. The van der Waals surface area contributed by atoms with Crippen molar-refractivity contribution in [3.05, 3.63) is 59.0 Å². The van der Waals surface area contributed by atoms with Crippen LogP contribution in [0.1, 0.15) is 53.4 Å². The first-order valence-corrected chi connectivity index (χ1v) is 9.03. The molecule has 3 rings (SSSR count). The molecule has 1 fully saturated rings. The minimum atomic E-state index is -0.144. The Kier molecular flexibility index (Phi) is 5.89. The summed E-state index contributed by atoms with van der Waals surface area (Å²) in [5.74, 6) is 0.469. The summed E-state index contributed by atoms with van der Waals surface area (Å²) < 4.78 is 5.19. The number of nitrogens with two attached hydrogens (primary N) is 1. The minimum Gasteiger partial charge on any atom is -0.467 e. The monoisotopic (exact) mass is 341 g/mol. The predicted molar refractivity (Wildman–Crippen MR) is 97.9 cm³/mol. The molecule has 1 saturated heterocycles. The number of piperidine rings is 1. The molecular weight excluding hydrogens is 314 g/mol. The number of hydrogen-bond donors (Lipinski definition) is 2. The third-order valence-corrected chi connectivity index (χ3v) is 4.92. The number of carbonyl (C=O) groups is 1. The maximum absolute atomic E-state index is 12.1. The van der Waals surface area contributed by atoms with Crippen molar-refractivity contribution in [2.75, 3.05) is 6.54 Å². The SMILES string of the molecule is CC1CCCCN1Cc1ccc(CNC(=O)c2coc(CN)c2)cc1. The number of amides is 1. The Morgan fingerprint density at radius 2 is 2.04 bits per heavy atom. The Labute approximate surface area is 149 Å². The van der Waals surface area contributed by atoms with E-state index >= 15 is 0 Å². The van der Waals surface area contributed by atoms with E-state index in [0.29, 0.717) is 30.5 Å². The highest BCUT2D eigenvalue weighted by Crippen LogP contribution is 2.19. The average molecular weight is 341 g/mol. The van der Waals surface area contributed by atoms with Gasteiger partial charge < -0.3 is 15.5 Å². The number of nitrogens with zero attached hydrogens (tertiary/aromatic N) is 1. The summed E-state index contributed by atoms with van der Waals surface area (Å²) in [4.78, 5) is 14.6. The van der Waals surface area contributed by atoms with Crippen LogP contribution in [0.4, 0.5) is 0 Å². The van der Waals surface area contributed by atoms with E-state index in [1.54, 1.807) is 6.07 Å². The molecule has 0 spiro atoms. The summed E-state index contributed by atoms with van der Waals surface area (Å²) in [6.07, 6.45) is 5.39. The smallest absolute Gasteiger partial charge is 0.254 e. The fraction of sp³-hybridized carbons (Fsp3) is 0.450. The van der Waals surface area contributed by atoms with Crippen LogP contribution in [0.5, 0.6) is 0 Å². The predicted octanol–water partition coefficient (Wildman–Crippen LogP) is 3.04. The van der Waals surface area contributed by atoms with E-state index in [1.165, 1.54) is 37.6 Å². The van der Waals surface area contributed by atoms with E-state index in [-0.39, 0.29) is 5.91 Å². The number of carbonyl (C=O) groups excluding carboxylic acids is 1. The normalized spacial score (nSPS) is 18.2. The zero-order valence-corrected chi connectivity index (χ0v) is 14.8. The van der Waals surface area contributed by atoms with Crippen molar-refractivity contribution in [2.45, 2.75) is 51.9 Å². The number of benzene rings is 1. The van der Waals surface area contributed by atoms with Crippen LogP contribution in [0, 0.1) is 0 Å². The Bertz CT molecular complexity index is 693. The van der Waals surface area contributed by atoms with Crippen LogP contribution in [-0.2, 0) is 19.6 Å². The van der Waals surface area contributed by atoms with Crippen molar-refractivity contribution >= 4 is 5.91 Å². The summed E-state index contributed by atoms with van der Waals surface area (Å²) in [5.41, 5.74) is 8.41. The molecule has 134 valence electrons. The van der Waals surface area contributed by atoms with Gasteiger partial charge in [0.2, 0.25) is 0 Å². The highest BCUT2D eigenvalue weighted by molar-refractivity contribution is 5.93. The lowest BCUT2D eigenvalue weighted by atomic mass is 10.0. The van der Waals surface area contributed by atoms with Crippen LogP contribution in [0.2, 0.25) is 0 Å². The van der Waals surface area contributed by atoms with Crippen molar-refractivity contribution < 1.29 is 9.21 Å². The van der Waals surface area contributed by atoms with E-state index in [0.717, 1.165) is 12.1 Å². The number of nitrogens with one attached hydrogen (secondary N) is 1. The second-order valence-corrected chi connectivity index (χ2v) is 6.82. The standard InChI is InChI=1S/C20H27N3O2/c1-15-4-2-3-9-23(15)13-17-7-5-16(6-8-17)12-22-20(24)18-10-19(11-21)25-14-18/h5-8,10,14-15H,2-4,9,11-13,21H2,1H3,(H,22,24). The average Bonchev–Trinajstić information content (AvgIpc) is 3.12. The van der Waals surface area contributed by atoms with Gasteiger partial charge in [0, 0.05) is 19.1 Å². The lowest BCUT2D eigenvalue weighted by Crippen LogP contribution is -2.36. The van der Waals surface area contributed by atoms with Gasteiger partial charge in [-0.1, -0.05) is 30.7 Å². The first kappa shape index (κ1) is 17.7. The molecule has 25 heavy (non-hydrogen) atoms. The molecule has 1 aliphatic rings. The summed E-state index contributed by atoms with van der Waals surface area (Å²) >= 11 is 0. The van der Waals surface area contributed by atoms with Gasteiger partial charge in [0.25, 0.3) is 5.91 Å². The molecule has 1 aromatic carbocycles. The first-order chi connectivity index (χ1) is 12.2. The molecule has 2 heterocycles. The second kappa shape index (κ2) is 8.32. The Balaban J connectivity index is 1.51. The molecule has 5 nitrogen and oxygen atoms in total. The van der Waals surface area contributed by atoms with E-state index in [1.807, 2.05) is 0 Å². The van der Waals surface area contributed by atoms with Gasteiger partial charge in [-0.2, -0.15) is 0 Å². The quantitative estimate of drug-likeness (QED) is 0.847. The van der Waals surface area contributed by atoms with Crippen LogP contribution >= 0.6 is 0 Å². The Morgan fingerprint density at radius 1 is 1.28 bits per heavy atom. The Hall–Kier alpha value is -2.11. The third kappa shape index (κ3) is 4.71. The van der Waals surface area contributed by atoms with Gasteiger partial charge >= 0.3 is 0 Å². The van der Waals surface area contributed by atoms with Gasteiger partial charge in [0.05, 0.1) is 12.1 Å². The maximum Gasteiger partial charge on any atom is 0.254 e. The second-order valence-electron chi connectivity index (χ2n) is 6.82. The molecule has 5 heteroatoms. The van der Waals surface area contributed by atoms with E-state index in [9.17, 15) is 4.79 Å². The molecule has 1 aliphatic heterocycles. The largest absolute Gasteiger partial charge is 0.467 e. The number of furan rings is 1. The van der Waals surface area contributed by atoms with Crippen LogP contribution in [0.15, 0.2) is 41.0 Å². The number of likely N-dealkylation sites (tertiary alicyclic amines) is 1. The van der Waals surface area contributed by atoms with E-state index < -0.39 is 0 Å². The van der Waals surface area contributed by atoms with Gasteiger partial charge in [0.1, 0.15) is 12.0 Å². The molecule has 0 aliphatic carbocycles. The summed E-state index contributed by atoms with van der Waals surface area (Å²) in [7, 11) is 0. The molecular formula is C20H27N3O2. The van der Waals surface area contributed by atoms with Crippen molar-refractivity contribution in [3.8, 4) is 0 Å². The zero-order chi connectivity index (χ0) is 17.6. The molecule has 1 unspecified atom stereocenters. The van der Waals surface area contributed by atoms with Gasteiger partial charge in [-0.05, 0) is 43.5 Å². The van der Waals surface area contributed by atoms with Crippen molar-refractivity contribution in [1.82, 2.24) is 10.2 Å². The van der Waals surface area contributed by atoms with Gasteiger partial charge in [0.15, 0.2) is 0 Å². The number of hydrogen-bond acceptors (Lipinski definition) is 4. The van der Waals surface area contributed by atoms with E-state index in [4.69, 9.17) is 10.2 Å². The summed E-state index contributed by atoms with van der Waals surface area (Å²) in [6.45, 7) is 5.31. The molecule has 2 aromatic rings. The summed E-state index contributed by atoms with van der Waals surface area (Å²) in [5, 5.41) is 2.91. The van der Waals surface area contributed by atoms with Gasteiger partial charge in [-0.15, -0.1) is 0 Å². The maximum atomic E-state index is 12.1. The fourth-order valence-corrected chi connectivity index (χ4v) is 3.28. The van der Waals surface area contributed by atoms with Gasteiger partial charge in [-0.25, -0.2) is 0 Å². The molecule has 3 N–H and O–H groups in total. The Morgan fingerprint density at radius 3 is 2.72 bits per heavy atom. The minimum absolute atomic E-state index is 0.144. The molecule has 0 saturated carbocycles. The summed E-state index contributed by atoms with van der Waals surface area (Å²) in [6, 6.07) is 10.8. The zero-order valence-electron chi connectivity index (χ0n) is 14.8. The topological polar surface area (TPSA) is 71.5 Å². The van der Waals surface area contributed by atoms with Crippen molar-refractivity contribution in [3.63, 3.8) is 0 Å². The molecule has 1 aromatic heterocycles. The van der Waals surface area contributed by atoms with E-state index in [2.05, 4.69) is 41.4 Å². The molecule has 1 amide bonds. The van der Waals surface area contributed by atoms with Crippen LogP contribution in [0.3, 0.4) is 0 Å². The number of rotatable bonds is 6. The lowest BCUT2D eigenvalue weighted by Gasteiger charge is -2.33.